The number of piperazine rings is 1. The topological polar surface area (TPSA) is 38.7 Å². The summed E-state index contributed by atoms with van der Waals surface area (Å²) >= 11 is 0. The minimum atomic E-state index is -0.100. The van der Waals surface area contributed by atoms with Crippen LogP contribution < -0.4 is 5.32 Å². The zero-order chi connectivity index (χ0) is 14.0. The Bertz CT molecular complexity index is 283. The van der Waals surface area contributed by atoms with Crippen LogP contribution in [0.15, 0.2) is 0 Å². The van der Waals surface area contributed by atoms with Gasteiger partial charge >= 0.3 is 0 Å². The molecule has 0 amide bonds. The van der Waals surface area contributed by atoms with Crippen LogP contribution in [-0.4, -0.2) is 71.9 Å². The molecule has 1 aliphatic heterocycles. The van der Waals surface area contributed by atoms with Crippen molar-refractivity contribution < 1.29 is 5.11 Å². The number of hydrogen-bond acceptors (Lipinski definition) is 4. The highest BCUT2D eigenvalue weighted by Crippen LogP contribution is 2.24. The van der Waals surface area contributed by atoms with E-state index in [0.29, 0.717) is 18.1 Å². The first-order chi connectivity index (χ1) is 8.93. The van der Waals surface area contributed by atoms with Gasteiger partial charge in [-0.1, -0.05) is 0 Å². The monoisotopic (exact) mass is 269 g/mol. The van der Waals surface area contributed by atoms with Crippen LogP contribution >= 0.6 is 0 Å². The normalized spacial score (nSPS) is 33.3. The van der Waals surface area contributed by atoms with Crippen molar-refractivity contribution >= 4 is 0 Å². The Labute approximate surface area is 118 Å². The number of nitrogens with one attached hydrogen (secondary N) is 1. The molecule has 4 heteroatoms. The Morgan fingerprint density at radius 1 is 1.21 bits per heavy atom. The Kier molecular flexibility index (Phi) is 4.88. The second-order valence-electron chi connectivity index (χ2n) is 7.01. The number of aliphatic hydroxyl groups excluding tert-OH is 1. The lowest BCUT2D eigenvalue weighted by atomic mass is 9.97. The van der Waals surface area contributed by atoms with Gasteiger partial charge in [0.1, 0.15) is 0 Å². The maximum Gasteiger partial charge on any atom is 0.0611 e. The van der Waals surface area contributed by atoms with E-state index in [1.807, 2.05) is 0 Å². The molecule has 0 radical (unpaired) electrons. The molecular weight excluding hydrogens is 238 g/mol. The van der Waals surface area contributed by atoms with E-state index in [9.17, 15) is 5.11 Å². The SMILES string of the molecule is CC1CN(CCC(C)(CO)NC2CC2)CC(C)N1C. The summed E-state index contributed by atoms with van der Waals surface area (Å²) in [6, 6.07) is 1.91. The lowest BCUT2D eigenvalue weighted by molar-refractivity contribution is 0.0500. The molecule has 2 fully saturated rings. The zero-order valence-electron chi connectivity index (χ0n) is 13.0. The Morgan fingerprint density at radius 3 is 2.26 bits per heavy atom. The van der Waals surface area contributed by atoms with Gasteiger partial charge in [-0.3, -0.25) is 4.90 Å². The molecular formula is C15H31N3O. The second kappa shape index (κ2) is 6.08. The van der Waals surface area contributed by atoms with Crippen LogP contribution in [0.4, 0.5) is 0 Å². The third-order valence-electron chi connectivity index (χ3n) is 4.89. The van der Waals surface area contributed by atoms with Crippen molar-refractivity contribution in [1.29, 1.82) is 0 Å². The van der Waals surface area contributed by atoms with Gasteiger partial charge < -0.3 is 15.3 Å². The summed E-state index contributed by atoms with van der Waals surface area (Å²) in [4.78, 5) is 5.02. The first kappa shape index (κ1) is 15.2. The maximum absolute atomic E-state index is 9.65. The lowest BCUT2D eigenvalue weighted by Gasteiger charge is -2.43. The van der Waals surface area contributed by atoms with E-state index < -0.39 is 0 Å². The molecule has 4 nitrogen and oxygen atoms in total. The number of likely N-dealkylation sites (N-methyl/N-ethyl adjacent to an activating group) is 1. The molecule has 0 spiro atoms. The van der Waals surface area contributed by atoms with Crippen LogP contribution in [-0.2, 0) is 0 Å². The van der Waals surface area contributed by atoms with Gasteiger partial charge in [0.2, 0.25) is 0 Å². The smallest absolute Gasteiger partial charge is 0.0611 e. The van der Waals surface area contributed by atoms with Crippen LogP contribution in [0.2, 0.25) is 0 Å². The molecule has 0 aromatic heterocycles. The average Bonchev–Trinajstić information content (AvgIpc) is 3.17. The quantitative estimate of drug-likeness (QED) is 0.752. The third kappa shape index (κ3) is 4.15. The van der Waals surface area contributed by atoms with E-state index in [1.54, 1.807) is 0 Å². The van der Waals surface area contributed by atoms with Gasteiger partial charge in [-0.25, -0.2) is 0 Å². The average molecular weight is 269 g/mol. The van der Waals surface area contributed by atoms with E-state index in [2.05, 4.69) is 42.9 Å². The van der Waals surface area contributed by atoms with Gasteiger partial charge in [0.15, 0.2) is 0 Å². The number of nitrogens with zero attached hydrogens (tertiary/aromatic N) is 2. The van der Waals surface area contributed by atoms with Gasteiger partial charge in [0.25, 0.3) is 0 Å². The van der Waals surface area contributed by atoms with Crippen LogP contribution in [0.25, 0.3) is 0 Å². The fraction of sp³-hybridized carbons (Fsp3) is 1.00. The van der Waals surface area contributed by atoms with Crippen molar-refractivity contribution in [3.05, 3.63) is 0 Å². The molecule has 2 rings (SSSR count). The van der Waals surface area contributed by atoms with Gasteiger partial charge in [0.05, 0.1) is 6.61 Å². The fourth-order valence-corrected chi connectivity index (χ4v) is 3.02. The molecule has 2 N–H and O–H groups in total. The zero-order valence-corrected chi connectivity index (χ0v) is 13.0. The predicted octanol–water partition coefficient (Wildman–Crippen LogP) is 0.904. The Balaban J connectivity index is 1.80. The predicted molar refractivity (Wildman–Crippen MR) is 79.4 cm³/mol. The molecule has 0 bridgehead atoms. The lowest BCUT2D eigenvalue weighted by Crippen LogP contribution is -2.56. The van der Waals surface area contributed by atoms with Gasteiger partial charge in [-0.15, -0.1) is 0 Å². The molecule has 19 heavy (non-hydrogen) atoms. The van der Waals surface area contributed by atoms with E-state index in [4.69, 9.17) is 0 Å². The first-order valence-corrected chi connectivity index (χ1v) is 7.76. The molecule has 3 unspecified atom stereocenters. The van der Waals surface area contributed by atoms with Crippen LogP contribution in [0.3, 0.4) is 0 Å². The molecule has 0 aromatic carbocycles. The molecule has 2 aliphatic rings. The standard InChI is InChI=1S/C15H31N3O/c1-12-9-18(10-13(2)17(12)4)8-7-15(3,11-19)16-14-5-6-14/h12-14,16,19H,5-11H2,1-4H3. The van der Waals surface area contributed by atoms with Crippen molar-refractivity contribution in [1.82, 2.24) is 15.1 Å². The van der Waals surface area contributed by atoms with E-state index >= 15 is 0 Å². The number of aliphatic hydroxyl groups is 1. The van der Waals surface area contributed by atoms with Gasteiger partial charge in [-0.2, -0.15) is 0 Å². The summed E-state index contributed by atoms with van der Waals surface area (Å²) in [5, 5.41) is 13.2. The highest BCUT2D eigenvalue weighted by molar-refractivity contribution is 4.93. The highest BCUT2D eigenvalue weighted by Gasteiger charge is 2.33. The third-order valence-corrected chi connectivity index (χ3v) is 4.89. The van der Waals surface area contributed by atoms with Crippen molar-refractivity contribution in [2.24, 2.45) is 0 Å². The molecule has 1 saturated heterocycles. The number of rotatable bonds is 6. The summed E-state index contributed by atoms with van der Waals surface area (Å²) in [7, 11) is 2.22. The summed E-state index contributed by atoms with van der Waals surface area (Å²) in [5.74, 6) is 0. The van der Waals surface area contributed by atoms with Crippen molar-refractivity contribution in [3.8, 4) is 0 Å². The Hall–Kier alpha value is -0.160. The summed E-state index contributed by atoms with van der Waals surface area (Å²) < 4.78 is 0. The molecule has 112 valence electrons. The second-order valence-corrected chi connectivity index (χ2v) is 7.01. The first-order valence-electron chi connectivity index (χ1n) is 7.76. The minimum absolute atomic E-state index is 0.100. The molecule has 1 aliphatic carbocycles. The highest BCUT2D eigenvalue weighted by atomic mass is 16.3. The largest absolute Gasteiger partial charge is 0.394 e. The molecule has 1 heterocycles. The van der Waals surface area contributed by atoms with Gasteiger partial charge in [-0.05, 0) is 47.1 Å². The Morgan fingerprint density at radius 2 is 1.79 bits per heavy atom. The van der Waals surface area contributed by atoms with Crippen molar-refractivity contribution in [2.45, 2.75) is 63.7 Å². The molecule has 1 saturated carbocycles. The van der Waals surface area contributed by atoms with Crippen LogP contribution in [0.1, 0.15) is 40.0 Å². The molecule has 0 aromatic rings. The summed E-state index contributed by atoms with van der Waals surface area (Å²) in [6.45, 7) is 10.4. The fourth-order valence-electron chi connectivity index (χ4n) is 3.02. The molecule has 3 atom stereocenters. The minimum Gasteiger partial charge on any atom is -0.394 e. The van der Waals surface area contributed by atoms with Crippen molar-refractivity contribution in [3.63, 3.8) is 0 Å². The van der Waals surface area contributed by atoms with E-state index in [-0.39, 0.29) is 12.1 Å². The van der Waals surface area contributed by atoms with Crippen molar-refractivity contribution in [2.75, 3.05) is 33.3 Å². The van der Waals surface area contributed by atoms with E-state index in [0.717, 1.165) is 26.1 Å². The van der Waals surface area contributed by atoms with E-state index in [1.165, 1.54) is 12.8 Å². The summed E-state index contributed by atoms with van der Waals surface area (Å²) in [6.07, 6.45) is 3.58. The van der Waals surface area contributed by atoms with Crippen LogP contribution in [0, 0.1) is 0 Å². The van der Waals surface area contributed by atoms with Crippen LogP contribution in [0.5, 0.6) is 0 Å². The van der Waals surface area contributed by atoms with Gasteiger partial charge in [0, 0.05) is 43.3 Å². The number of hydrogen-bond donors (Lipinski definition) is 2. The summed E-state index contributed by atoms with van der Waals surface area (Å²) in [5.41, 5.74) is -0.100. The maximum atomic E-state index is 9.65.